The number of halogens is 3. The molecule has 0 saturated carbocycles. The molecule has 31 heavy (non-hydrogen) atoms. The largest absolute Gasteiger partial charge is 0.306 e. The van der Waals surface area contributed by atoms with Crippen LogP contribution >= 0.6 is 11.6 Å². The van der Waals surface area contributed by atoms with Crippen molar-refractivity contribution in [3.8, 4) is 23.0 Å². The van der Waals surface area contributed by atoms with Gasteiger partial charge in [0, 0.05) is 17.8 Å². The number of para-hydroxylation sites is 1. The van der Waals surface area contributed by atoms with Crippen LogP contribution in [0.4, 0.5) is 14.6 Å². The van der Waals surface area contributed by atoms with Gasteiger partial charge in [-0.05, 0) is 36.4 Å². The summed E-state index contributed by atoms with van der Waals surface area (Å²) in [6, 6.07) is 16.9. The van der Waals surface area contributed by atoms with Crippen molar-refractivity contribution in [3.63, 3.8) is 0 Å². The lowest BCUT2D eigenvalue weighted by Crippen LogP contribution is -2.16. The van der Waals surface area contributed by atoms with Crippen molar-refractivity contribution < 1.29 is 13.6 Å². The highest BCUT2D eigenvalue weighted by atomic mass is 35.5. The topological polar surface area (TPSA) is 83.6 Å². The van der Waals surface area contributed by atoms with Crippen LogP contribution in [0, 0.1) is 23.0 Å². The number of hydrogen-bond acceptors (Lipinski definition) is 4. The minimum absolute atomic E-state index is 0.0550. The van der Waals surface area contributed by atoms with Crippen LogP contribution in [0.2, 0.25) is 5.02 Å². The summed E-state index contributed by atoms with van der Waals surface area (Å²) >= 11 is 6.02. The maximum absolute atomic E-state index is 14.4. The molecule has 2 aromatic carbocycles. The molecule has 0 aliphatic rings. The number of nitrogens with zero attached hydrogens (tertiary/aromatic N) is 4. The van der Waals surface area contributed by atoms with Crippen LogP contribution in [-0.2, 0) is 0 Å². The quantitative estimate of drug-likeness (QED) is 0.489. The zero-order valence-electron chi connectivity index (χ0n) is 15.7. The Bertz CT molecular complexity index is 1330. The number of rotatable bonds is 4. The molecule has 6 nitrogen and oxygen atoms in total. The van der Waals surface area contributed by atoms with E-state index < -0.39 is 22.6 Å². The van der Waals surface area contributed by atoms with E-state index in [1.807, 2.05) is 6.07 Å². The fourth-order valence-electron chi connectivity index (χ4n) is 2.96. The van der Waals surface area contributed by atoms with Gasteiger partial charge in [0.15, 0.2) is 5.69 Å². The highest BCUT2D eigenvalue weighted by molar-refractivity contribution is 6.34. The van der Waals surface area contributed by atoms with Crippen LogP contribution in [0.15, 0.2) is 66.9 Å². The Balaban J connectivity index is 1.74. The monoisotopic (exact) mass is 435 g/mol. The van der Waals surface area contributed by atoms with Gasteiger partial charge in [0.25, 0.3) is 5.91 Å². The van der Waals surface area contributed by atoms with E-state index in [2.05, 4.69) is 15.4 Å². The summed E-state index contributed by atoms with van der Waals surface area (Å²) in [7, 11) is 0. The van der Waals surface area contributed by atoms with Crippen molar-refractivity contribution >= 4 is 23.3 Å². The van der Waals surface area contributed by atoms with Gasteiger partial charge in [0.1, 0.15) is 29.2 Å². The molecule has 0 spiro atoms. The van der Waals surface area contributed by atoms with Gasteiger partial charge in [0.05, 0.1) is 16.3 Å². The summed E-state index contributed by atoms with van der Waals surface area (Å²) in [4.78, 5) is 16.8. The Labute approximate surface area is 180 Å². The second-order valence-electron chi connectivity index (χ2n) is 6.38. The van der Waals surface area contributed by atoms with Gasteiger partial charge in [-0.3, -0.25) is 9.78 Å². The van der Waals surface area contributed by atoms with Crippen LogP contribution in [0.3, 0.4) is 0 Å². The zero-order chi connectivity index (χ0) is 22.0. The Hall–Kier alpha value is -4.09. The number of nitriles is 1. The molecule has 2 aromatic heterocycles. The number of anilines is 1. The highest BCUT2D eigenvalue weighted by Crippen LogP contribution is 2.29. The maximum atomic E-state index is 14.4. The molecule has 9 heteroatoms. The van der Waals surface area contributed by atoms with Gasteiger partial charge < -0.3 is 5.32 Å². The number of benzene rings is 2. The molecule has 0 fully saturated rings. The predicted molar refractivity (Wildman–Crippen MR) is 111 cm³/mol. The standard InChI is InChI=1S/C22H12ClF2N5O/c23-20-16(9-13(10-18(20)25)21-17(24)7-4-8-27-21)22(31)28-19-11-14(12-26)29-30(19)15-5-2-1-3-6-15/h1-11H,(H,28,31). The average Bonchev–Trinajstić information content (AvgIpc) is 3.19. The van der Waals surface area contributed by atoms with E-state index >= 15 is 0 Å². The van der Waals surface area contributed by atoms with Gasteiger partial charge in [-0.15, -0.1) is 0 Å². The van der Waals surface area contributed by atoms with Crippen LogP contribution < -0.4 is 5.32 Å². The van der Waals surface area contributed by atoms with Crippen LogP contribution in [0.25, 0.3) is 16.9 Å². The van der Waals surface area contributed by atoms with E-state index in [-0.39, 0.29) is 28.3 Å². The number of carbonyl (C=O) groups excluding carboxylic acids is 1. The molecule has 2 heterocycles. The van der Waals surface area contributed by atoms with Gasteiger partial charge in [-0.2, -0.15) is 10.4 Å². The number of pyridine rings is 1. The summed E-state index contributed by atoms with van der Waals surface area (Å²) in [5, 5.41) is 15.5. The Kier molecular flexibility index (Phi) is 5.43. The number of aromatic nitrogens is 3. The SMILES string of the molecule is N#Cc1cc(NC(=O)c2cc(-c3ncccc3F)cc(F)c2Cl)n(-c2ccccc2)n1. The Morgan fingerprint density at radius 2 is 1.84 bits per heavy atom. The molecule has 0 aliphatic carbocycles. The third-order valence-corrected chi connectivity index (χ3v) is 4.76. The molecule has 152 valence electrons. The molecule has 0 bridgehead atoms. The molecule has 0 atom stereocenters. The fraction of sp³-hybridized carbons (Fsp3) is 0. The van der Waals surface area contributed by atoms with E-state index in [1.165, 1.54) is 35.1 Å². The third-order valence-electron chi connectivity index (χ3n) is 4.37. The van der Waals surface area contributed by atoms with Crippen molar-refractivity contribution in [2.45, 2.75) is 0 Å². The summed E-state index contributed by atoms with van der Waals surface area (Å²) in [5.74, 6) is -2.15. The normalized spacial score (nSPS) is 10.5. The Morgan fingerprint density at radius 1 is 1.06 bits per heavy atom. The lowest BCUT2D eigenvalue weighted by Gasteiger charge is -2.11. The molecular weight excluding hydrogens is 424 g/mol. The van der Waals surface area contributed by atoms with E-state index in [9.17, 15) is 18.8 Å². The smallest absolute Gasteiger partial charge is 0.258 e. The van der Waals surface area contributed by atoms with E-state index in [4.69, 9.17) is 11.6 Å². The zero-order valence-corrected chi connectivity index (χ0v) is 16.4. The molecule has 1 N–H and O–H groups in total. The van der Waals surface area contributed by atoms with Gasteiger partial charge in [-0.25, -0.2) is 13.5 Å². The van der Waals surface area contributed by atoms with Crippen molar-refractivity contribution in [1.29, 1.82) is 5.26 Å². The van der Waals surface area contributed by atoms with Gasteiger partial charge in [-0.1, -0.05) is 29.8 Å². The number of hydrogen-bond donors (Lipinski definition) is 1. The Morgan fingerprint density at radius 3 is 2.55 bits per heavy atom. The van der Waals surface area contributed by atoms with Crippen LogP contribution in [-0.4, -0.2) is 20.7 Å². The molecule has 0 radical (unpaired) electrons. The van der Waals surface area contributed by atoms with Crippen molar-refractivity contribution in [1.82, 2.24) is 14.8 Å². The van der Waals surface area contributed by atoms with Gasteiger partial charge in [0.2, 0.25) is 0 Å². The molecule has 0 unspecified atom stereocenters. The van der Waals surface area contributed by atoms with E-state index in [0.717, 1.165) is 6.07 Å². The molecule has 1 amide bonds. The first kappa shape index (κ1) is 20.2. The fourth-order valence-corrected chi connectivity index (χ4v) is 3.16. The van der Waals surface area contributed by atoms with Crippen molar-refractivity contribution in [3.05, 3.63) is 94.8 Å². The third kappa shape index (κ3) is 3.99. The van der Waals surface area contributed by atoms with Crippen LogP contribution in [0.5, 0.6) is 0 Å². The number of carbonyl (C=O) groups is 1. The first-order valence-corrected chi connectivity index (χ1v) is 9.32. The molecule has 4 rings (SSSR count). The lowest BCUT2D eigenvalue weighted by atomic mass is 10.1. The molecular formula is C22H12ClF2N5O. The summed E-state index contributed by atoms with van der Waals surface area (Å²) in [5.41, 5.74) is 0.385. The first-order chi connectivity index (χ1) is 15.0. The van der Waals surface area contributed by atoms with Crippen molar-refractivity contribution in [2.75, 3.05) is 5.32 Å². The van der Waals surface area contributed by atoms with Gasteiger partial charge >= 0.3 is 0 Å². The van der Waals surface area contributed by atoms with Crippen LogP contribution in [0.1, 0.15) is 16.1 Å². The highest BCUT2D eigenvalue weighted by Gasteiger charge is 2.20. The predicted octanol–water partition coefficient (Wildman–Crippen LogP) is 4.99. The van der Waals surface area contributed by atoms with E-state index in [0.29, 0.717) is 5.69 Å². The second kappa shape index (κ2) is 8.34. The number of amides is 1. The first-order valence-electron chi connectivity index (χ1n) is 8.95. The summed E-state index contributed by atoms with van der Waals surface area (Å²) in [6.45, 7) is 0. The summed E-state index contributed by atoms with van der Waals surface area (Å²) < 4.78 is 29.9. The maximum Gasteiger partial charge on any atom is 0.258 e. The second-order valence-corrected chi connectivity index (χ2v) is 6.76. The minimum Gasteiger partial charge on any atom is -0.306 e. The molecule has 0 aliphatic heterocycles. The number of nitrogens with one attached hydrogen (secondary N) is 1. The average molecular weight is 436 g/mol. The van der Waals surface area contributed by atoms with E-state index in [1.54, 1.807) is 30.3 Å². The minimum atomic E-state index is -0.899. The molecule has 4 aromatic rings. The summed E-state index contributed by atoms with van der Waals surface area (Å²) in [6.07, 6.45) is 1.35. The molecule has 0 saturated heterocycles. The van der Waals surface area contributed by atoms with Crippen molar-refractivity contribution in [2.24, 2.45) is 0 Å². The lowest BCUT2D eigenvalue weighted by molar-refractivity contribution is 0.102.